The average molecular weight is 433 g/mol. The summed E-state index contributed by atoms with van der Waals surface area (Å²) in [6.45, 7) is 1.83. The zero-order valence-corrected chi connectivity index (χ0v) is 17.5. The van der Waals surface area contributed by atoms with E-state index in [0.29, 0.717) is 22.5 Å². The van der Waals surface area contributed by atoms with E-state index in [0.717, 1.165) is 11.1 Å². The van der Waals surface area contributed by atoms with E-state index in [9.17, 15) is 23.6 Å². The smallest absolute Gasteiger partial charge is 0.309 e. The molecule has 8 heteroatoms. The lowest BCUT2D eigenvalue weighted by atomic mass is 10.0. The van der Waals surface area contributed by atoms with Crippen molar-refractivity contribution in [1.82, 2.24) is 8.37 Å². The van der Waals surface area contributed by atoms with Gasteiger partial charge in [0.15, 0.2) is 0 Å². The van der Waals surface area contributed by atoms with E-state index >= 15 is 0 Å². The van der Waals surface area contributed by atoms with Gasteiger partial charge in [-0.3, -0.25) is 4.79 Å². The van der Waals surface area contributed by atoms with Crippen LogP contribution in [-0.2, 0) is 27.7 Å². The Labute approximate surface area is 179 Å². The van der Waals surface area contributed by atoms with Crippen molar-refractivity contribution in [2.75, 3.05) is 0 Å². The molecular formula is C23H19N3O4S. The van der Waals surface area contributed by atoms with E-state index < -0.39 is 16.0 Å². The molecule has 0 saturated carbocycles. The second kappa shape index (κ2) is 7.78. The number of carbonyl (C=O) groups is 1. The number of nitriles is 1. The molecule has 156 valence electrons. The first-order chi connectivity index (χ1) is 14.8. The van der Waals surface area contributed by atoms with E-state index in [4.69, 9.17) is 0 Å². The second-order valence-electron chi connectivity index (χ2n) is 7.19. The number of hydrogen-bond donors (Lipinski definition) is 1. The van der Waals surface area contributed by atoms with Crippen molar-refractivity contribution in [3.05, 3.63) is 95.1 Å². The highest BCUT2D eigenvalue weighted by molar-refractivity contribution is 7.90. The average Bonchev–Trinajstić information content (AvgIpc) is 3.33. The van der Waals surface area contributed by atoms with Crippen LogP contribution in [0.1, 0.15) is 28.1 Å². The van der Waals surface area contributed by atoms with Crippen molar-refractivity contribution >= 4 is 21.5 Å². The van der Waals surface area contributed by atoms with Gasteiger partial charge in [0.1, 0.15) is 0 Å². The normalized spacial score (nSPS) is 11.5. The molecule has 31 heavy (non-hydrogen) atoms. The summed E-state index contributed by atoms with van der Waals surface area (Å²) < 4.78 is 29.3. The third-order valence-corrected chi connectivity index (χ3v) is 7.08. The van der Waals surface area contributed by atoms with E-state index in [-0.39, 0.29) is 17.7 Å². The van der Waals surface area contributed by atoms with Crippen molar-refractivity contribution in [3.8, 4) is 6.07 Å². The Bertz CT molecular complexity index is 1440. The minimum Gasteiger partial charge on any atom is -0.481 e. The molecule has 4 aromatic rings. The van der Waals surface area contributed by atoms with Crippen molar-refractivity contribution in [2.24, 2.45) is 0 Å². The maximum absolute atomic E-state index is 13.1. The van der Waals surface area contributed by atoms with Crippen LogP contribution in [0.4, 0.5) is 0 Å². The van der Waals surface area contributed by atoms with Gasteiger partial charge in [0.2, 0.25) is 0 Å². The minimum atomic E-state index is -3.77. The van der Waals surface area contributed by atoms with Gasteiger partial charge in [0.25, 0.3) is 10.0 Å². The van der Waals surface area contributed by atoms with Crippen LogP contribution in [0.3, 0.4) is 0 Å². The predicted octanol–water partition coefficient (Wildman–Crippen LogP) is 3.38. The third kappa shape index (κ3) is 3.60. The van der Waals surface area contributed by atoms with Crippen LogP contribution in [0.5, 0.6) is 0 Å². The SMILES string of the molecule is Cc1c(Cc2cccn2S(=O)(=O)c2ccccc2)c2cc(C#N)ccn2c1CC(=O)O. The van der Waals surface area contributed by atoms with Crippen LogP contribution in [0.25, 0.3) is 5.52 Å². The molecule has 0 unspecified atom stereocenters. The summed E-state index contributed by atoms with van der Waals surface area (Å²) in [6, 6.07) is 17.0. The molecule has 3 aromatic heterocycles. The largest absolute Gasteiger partial charge is 0.481 e. The van der Waals surface area contributed by atoms with Gasteiger partial charge >= 0.3 is 5.97 Å². The molecule has 0 saturated heterocycles. The van der Waals surface area contributed by atoms with Gasteiger partial charge in [-0.2, -0.15) is 5.26 Å². The number of aliphatic carboxylic acids is 1. The van der Waals surface area contributed by atoms with Crippen LogP contribution in [0, 0.1) is 18.3 Å². The van der Waals surface area contributed by atoms with Gasteiger partial charge in [0.05, 0.1) is 28.5 Å². The zero-order chi connectivity index (χ0) is 22.2. The first-order valence-electron chi connectivity index (χ1n) is 9.54. The van der Waals surface area contributed by atoms with E-state index in [1.807, 2.05) is 6.92 Å². The molecule has 0 spiro atoms. The summed E-state index contributed by atoms with van der Waals surface area (Å²) in [5, 5.41) is 18.7. The molecule has 0 aliphatic rings. The number of carboxylic acid groups (broad SMARTS) is 1. The van der Waals surface area contributed by atoms with Gasteiger partial charge in [-0.1, -0.05) is 18.2 Å². The molecular weight excluding hydrogens is 414 g/mol. The Balaban J connectivity index is 1.86. The maximum atomic E-state index is 13.1. The zero-order valence-electron chi connectivity index (χ0n) is 16.7. The third-order valence-electron chi connectivity index (χ3n) is 5.34. The molecule has 0 aliphatic carbocycles. The molecule has 0 amide bonds. The van der Waals surface area contributed by atoms with Crippen LogP contribution >= 0.6 is 0 Å². The van der Waals surface area contributed by atoms with Crippen LogP contribution in [0.15, 0.2) is 71.9 Å². The van der Waals surface area contributed by atoms with Gasteiger partial charge in [-0.05, 0) is 54.4 Å². The molecule has 0 fully saturated rings. The lowest BCUT2D eigenvalue weighted by Gasteiger charge is -2.11. The van der Waals surface area contributed by atoms with E-state index in [2.05, 4.69) is 6.07 Å². The van der Waals surface area contributed by atoms with Crippen molar-refractivity contribution in [1.29, 1.82) is 5.26 Å². The van der Waals surface area contributed by atoms with Crippen molar-refractivity contribution in [2.45, 2.75) is 24.7 Å². The molecule has 7 nitrogen and oxygen atoms in total. The molecule has 1 aromatic carbocycles. The summed E-state index contributed by atoms with van der Waals surface area (Å²) in [6.07, 6.45) is 3.28. The first kappa shape index (κ1) is 20.4. The lowest BCUT2D eigenvalue weighted by molar-refractivity contribution is -0.136. The number of carboxylic acids is 1. The Kier molecular flexibility index (Phi) is 5.13. The Morgan fingerprint density at radius 2 is 1.84 bits per heavy atom. The van der Waals surface area contributed by atoms with Crippen LogP contribution in [0.2, 0.25) is 0 Å². The highest BCUT2D eigenvalue weighted by Gasteiger charge is 2.22. The van der Waals surface area contributed by atoms with Gasteiger partial charge in [-0.15, -0.1) is 0 Å². The Morgan fingerprint density at radius 1 is 1.10 bits per heavy atom. The standard InChI is InChI=1S/C23H19N3O4S/c1-16-20(22-12-17(15-24)9-11-25(22)21(16)14-23(27)28)13-18-6-5-10-26(18)31(29,30)19-7-3-2-4-8-19/h2-12H,13-14H2,1H3,(H,27,28). The molecule has 3 heterocycles. The Hall–Kier alpha value is -3.83. The maximum Gasteiger partial charge on any atom is 0.309 e. The van der Waals surface area contributed by atoms with E-state index in [1.165, 1.54) is 10.2 Å². The quantitative estimate of drug-likeness (QED) is 0.502. The molecule has 0 atom stereocenters. The summed E-state index contributed by atoms with van der Waals surface area (Å²) in [4.78, 5) is 11.6. The molecule has 0 aliphatic heterocycles. The molecule has 4 rings (SSSR count). The van der Waals surface area contributed by atoms with Crippen molar-refractivity contribution in [3.63, 3.8) is 0 Å². The number of pyridine rings is 1. The first-order valence-corrected chi connectivity index (χ1v) is 11.0. The predicted molar refractivity (Wildman–Crippen MR) is 114 cm³/mol. The highest BCUT2D eigenvalue weighted by atomic mass is 32.2. The van der Waals surface area contributed by atoms with Crippen LogP contribution in [-0.4, -0.2) is 27.9 Å². The topological polar surface area (TPSA) is 105 Å². The number of nitrogens with zero attached hydrogens (tertiary/aromatic N) is 3. The van der Waals surface area contributed by atoms with Crippen molar-refractivity contribution < 1.29 is 18.3 Å². The van der Waals surface area contributed by atoms with Gasteiger partial charge < -0.3 is 9.51 Å². The number of aromatic nitrogens is 2. The number of hydrogen-bond acceptors (Lipinski definition) is 4. The fourth-order valence-corrected chi connectivity index (χ4v) is 5.22. The summed E-state index contributed by atoms with van der Waals surface area (Å²) in [7, 11) is -3.77. The number of fused-ring (bicyclic) bond motifs is 1. The second-order valence-corrected chi connectivity index (χ2v) is 9.01. The molecule has 1 N–H and O–H groups in total. The Morgan fingerprint density at radius 3 is 2.52 bits per heavy atom. The summed E-state index contributed by atoms with van der Waals surface area (Å²) in [5.74, 6) is -0.964. The highest BCUT2D eigenvalue weighted by Crippen LogP contribution is 2.28. The molecule has 0 bridgehead atoms. The minimum absolute atomic E-state index is 0.178. The number of rotatable bonds is 6. The van der Waals surface area contributed by atoms with Gasteiger partial charge in [0, 0.05) is 30.2 Å². The molecule has 0 radical (unpaired) electrons. The van der Waals surface area contributed by atoms with Crippen LogP contribution < -0.4 is 0 Å². The fourth-order valence-electron chi connectivity index (χ4n) is 3.83. The summed E-state index contributed by atoms with van der Waals surface area (Å²) in [5.41, 5.74) is 3.84. The fraction of sp³-hybridized carbons (Fsp3) is 0.130. The number of benzene rings is 1. The van der Waals surface area contributed by atoms with E-state index in [1.54, 1.807) is 65.2 Å². The van der Waals surface area contributed by atoms with Gasteiger partial charge in [-0.25, -0.2) is 12.4 Å². The monoisotopic (exact) mass is 433 g/mol. The summed E-state index contributed by atoms with van der Waals surface area (Å²) >= 11 is 0. The lowest BCUT2D eigenvalue weighted by Crippen LogP contribution is -2.15.